The van der Waals surface area contributed by atoms with Gasteiger partial charge in [-0.05, 0) is 40.5 Å². The summed E-state index contributed by atoms with van der Waals surface area (Å²) in [4.78, 5) is 14.3. The maximum Gasteiger partial charge on any atom is 0.340 e. The van der Waals surface area contributed by atoms with Crippen molar-refractivity contribution in [3.05, 3.63) is 62.8 Å². The second-order valence-corrected chi connectivity index (χ2v) is 4.99. The summed E-state index contributed by atoms with van der Waals surface area (Å²) >= 11 is 3.41. The third-order valence-electron chi connectivity index (χ3n) is 2.66. The fourth-order valence-electron chi connectivity index (χ4n) is 1.76. The van der Waals surface area contributed by atoms with Crippen LogP contribution in [0.15, 0.2) is 56.1 Å². The standard InChI is InChI=1S/C15H12BrN3O3/c1-2-21-15(20)13(18-19-17)9-11-8-12(16)14(22-11)10-6-4-3-5-7-10/h3-9H,2H2,1H3. The van der Waals surface area contributed by atoms with Gasteiger partial charge in [0.25, 0.3) is 0 Å². The maximum absolute atomic E-state index is 11.7. The Balaban J connectivity index is 2.39. The number of carbonyl (C=O) groups excluding carboxylic acids is 1. The van der Waals surface area contributed by atoms with Gasteiger partial charge in [0.05, 0.1) is 11.1 Å². The third kappa shape index (κ3) is 3.78. The summed E-state index contributed by atoms with van der Waals surface area (Å²) in [6, 6.07) is 11.2. The minimum Gasteiger partial charge on any atom is -0.462 e. The number of rotatable bonds is 5. The molecule has 0 aliphatic rings. The monoisotopic (exact) mass is 361 g/mol. The second kappa shape index (κ2) is 7.49. The minimum absolute atomic E-state index is 0.162. The van der Waals surface area contributed by atoms with Crippen molar-refractivity contribution in [2.45, 2.75) is 6.92 Å². The molecule has 0 saturated carbocycles. The van der Waals surface area contributed by atoms with E-state index in [1.54, 1.807) is 13.0 Å². The minimum atomic E-state index is -0.700. The summed E-state index contributed by atoms with van der Waals surface area (Å²) in [5.74, 6) is 0.297. The van der Waals surface area contributed by atoms with Gasteiger partial charge in [-0.1, -0.05) is 35.4 Å². The smallest absolute Gasteiger partial charge is 0.340 e. The number of benzene rings is 1. The van der Waals surface area contributed by atoms with Gasteiger partial charge in [-0.3, -0.25) is 0 Å². The summed E-state index contributed by atoms with van der Waals surface area (Å²) in [6.07, 6.45) is 1.34. The van der Waals surface area contributed by atoms with Crippen LogP contribution in [0.25, 0.3) is 27.8 Å². The number of furan rings is 1. The molecule has 0 aliphatic heterocycles. The lowest BCUT2D eigenvalue weighted by Gasteiger charge is -2.00. The van der Waals surface area contributed by atoms with Crippen LogP contribution >= 0.6 is 15.9 Å². The van der Waals surface area contributed by atoms with Crippen molar-refractivity contribution in [1.82, 2.24) is 0 Å². The Labute approximate surface area is 135 Å². The quantitative estimate of drug-likeness (QED) is 0.249. The van der Waals surface area contributed by atoms with Gasteiger partial charge in [0.2, 0.25) is 0 Å². The molecule has 0 saturated heterocycles. The van der Waals surface area contributed by atoms with E-state index in [1.165, 1.54) is 6.08 Å². The number of hydrogen-bond acceptors (Lipinski definition) is 4. The van der Waals surface area contributed by atoms with Crippen molar-refractivity contribution in [1.29, 1.82) is 0 Å². The largest absolute Gasteiger partial charge is 0.462 e. The van der Waals surface area contributed by atoms with E-state index in [1.807, 2.05) is 30.3 Å². The highest BCUT2D eigenvalue weighted by Gasteiger charge is 2.13. The molecule has 6 nitrogen and oxygen atoms in total. The molecule has 2 aromatic rings. The van der Waals surface area contributed by atoms with Gasteiger partial charge in [-0.25, -0.2) is 4.79 Å². The molecule has 1 aromatic carbocycles. The summed E-state index contributed by atoms with van der Waals surface area (Å²) in [5.41, 5.74) is 9.26. The van der Waals surface area contributed by atoms with Crippen LogP contribution in [-0.2, 0) is 9.53 Å². The van der Waals surface area contributed by atoms with Gasteiger partial charge in [0.1, 0.15) is 17.2 Å². The van der Waals surface area contributed by atoms with E-state index in [9.17, 15) is 4.79 Å². The average molecular weight is 362 g/mol. The van der Waals surface area contributed by atoms with E-state index in [0.717, 1.165) is 10.0 Å². The first kappa shape index (κ1) is 15.9. The van der Waals surface area contributed by atoms with E-state index < -0.39 is 5.97 Å². The zero-order valence-electron chi connectivity index (χ0n) is 11.7. The number of halogens is 1. The Hall–Kier alpha value is -2.50. The first-order chi connectivity index (χ1) is 10.7. The molecule has 22 heavy (non-hydrogen) atoms. The van der Waals surface area contributed by atoms with E-state index in [2.05, 4.69) is 26.0 Å². The van der Waals surface area contributed by atoms with Crippen LogP contribution in [0.2, 0.25) is 0 Å². The van der Waals surface area contributed by atoms with Crippen LogP contribution in [0.4, 0.5) is 0 Å². The Morgan fingerprint density at radius 1 is 1.45 bits per heavy atom. The Bertz CT molecular complexity index is 747. The van der Waals surface area contributed by atoms with Gasteiger partial charge >= 0.3 is 5.97 Å². The lowest BCUT2D eigenvalue weighted by Crippen LogP contribution is -2.05. The van der Waals surface area contributed by atoms with Crippen molar-refractivity contribution in [2.24, 2.45) is 5.11 Å². The third-order valence-corrected chi connectivity index (χ3v) is 3.25. The topological polar surface area (TPSA) is 88.2 Å². The fraction of sp³-hybridized carbons (Fsp3) is 0.133. The van der Waals surface area contributed by atoms with E-state index in [-0.39, 0.29) is 12.3 Å². The van der Waals surface area contributed by atoms with E-state index >= 15 is 0 Å². The predicted molar refractivity (Wildman–Crippen MR) is 85.6 cm³/mol. The molecular weight excluding hydrogens is 350 g/mol. The van der Waals surface area contributed by atoms with Gasteiger partial charge in [-0.15, -0.1) is 0 Å². The van der Waals surface area contributed by atoms with Crippen molar-refractivity contribution in [3.8, 4) is 11.3 Å². The summed E-state index contributed by atoms with van der Waals surface area (Å²) in [5, 5.41) is 3.34. The van der Waals surface area contributed by atoms with Crippen molar-refractivity contribution in [2.75, 3.05) is 6.61 Å². The molecule has 0 unspecified atom stereocenters. The van der Waals surface area contributed by atoms with Crippen LogP contribution in [0, 0.1) is 0 Å². The molecule has 0 fully saturated rings. The molecule has 112 valence electrons. The summed E-state index contributed by atoms with van der Waals surface area (Å²) in [6.45, 7) is 1.86. The number of hydrogen-bond donors (Lipinski definition) is 0. The van der Waals surface area contributed by atoms with Crippen molar-refractivity contribution in [3.63, 3.8) is 0 Å². The molecule has 2 rings (SSSR count). The zero-order valence-corrected chi connectivity index (χ0v) is 13.3. The molecule has 0 bridgehead atoms. The number of ether oxygens (including phenoxy) is 1. The highest BCUT2D eigenvalue weighted by Crippen LogP contribution is 2.32. The second-order valence-electron chi connectivity index (χ2n) is 4.13. The van der Waals surface area contributed by atoms with Crippen molar-refractivity contribution >= 4 is 28.0 Å². The Kier molecular flexibility index (Phi) is 5.41. The number of azide groups is 1. The SMILES string of the molecule is CCOC(=O)C(=Cc1cc(Br)c(-c2ccccc2)o1)N=[N+]=[N-]. The molecule has 1 heterocycles. The Morgan fingerprint density at radius 3 is 2.82 bits per heavy atom. The number of nitrogens with zero attached hydrogens (tertiary/aromatic N) is 3. The number of carbonyl (C=O) groups is 1. The van der Waals surface area contributed by atoms with Crippen LogP contribution in [0.5, 0.6) is 0 Å². The normalized spacial score (nSPS) is 10.9. The van der Waals surface area contributed by atoms with Crippen LogP contribution < -0.4 is 0 Å². The van der Waals surface area contributed by atoms with Gasteiger partial charge in [0.15, 0.2) is 0 Å². The maximum atomic E-state index is 11.7. The molecule has 0 atom stereocenters. The van der Waals surface area contributed by atoms with Crippen LogP contribution in [0.3, 0.4) is 0 Å². The predicted octanol–water partition coefficient (Wildman–Crippen LogP) is 4.92. The molecule has 0 amide bonds. The summed E-state index contributed by atoms with van der Waals surface area (Å²) in [7, 11) is 0. The first-order valence-corrected chi connectivity index (χ1v) is 7.23. The highest BCUT2D eigenvalue weighted by atomic mass is 79.9. The highest BCUT2D eigenvalue weighted by molar-refractivity contribution is 9.10. The lowest BCUT2D eigenvalue weighted by molar-refractivity contribution is -0.138. The molecule has 0 N–H and O–H groups in total. The lowest BCUT2D eigenvalue weighted by atomic mass is 10.2. The van der Waals surface area contributed by atoms with Crippen LogP contribution in [0.1, 0.15) is 12.7 Å². The average Bonchev–Trinajstić information content (AvgIpc) is 2.88. The van der Waals surface area contributed by atoms with E-state index in [4.69, 9.17) is 14.7 Å². The Morgan fingerprint density at radius 2 is 2.18 bits per heavy atom. The fourth-order valence-corrected chi connectivity index (χ4v) is 2.30. The van der Waals surface area contributed by atoms with Gasteiger partial charge in [-0.2, -0.15) is 0 Å². The zero-order chi connectivity index (χ0) is 15.9. The van der Waals surface area contributed by atoms with E-state index in [0.29, 0.717) is 11.5 Å². The molecular formula is C15H12BrN3O3. The number of esters is 1. The summed E-state index contributed by atoms with van der Waals surface area (Å²) < 4.78 is 11.2. The first-order valence-electron chi connectivity index (χ1n) is 6.44. The molecule has 0 aliphatic carbocycles. The van der Waals surface area contributed by atoms with Crippen LogP contribution in [-0.4, -0.2) is 12.6 Å². The van der Waals surface area contributed by atoms with Gasteiger partial charge < -0.3 is 9.15 Å². The molecule has 1 aromatic heterocycles. The molecule has 0 spiro atoms. The molecule has 7 heteroatoms. The van der Waals surface area contributed by atoms with Gasteiger partial charge in [0, 0.05) is 10.5 Å². The molecule has 0 radical (unpaired) electrons. The van der Waals surface area contributed by atoms with Crippen molar-refractivity contribution < 1.29 is 13.9 Å².